The van der Waals surface area contributed by atoms with Crippen molar-refractivity contribution in [3.05, 3.63) is 22.6 Å². The molecule has 0 aliphatic rings. The van der Waals surface area contributed by atoms with Crippen LogP contribution < -0.4 is 0 Å². The Hall–Kier alpha value is -1.20. The van der Waals surface area contributed by atoms with Crippen LogP contribution in [0.25, 0.3) is 0 Å². The minimum absolute atomic E-state index is 0.497. The fourth-order valence-electron chi connectivity index (χ4n) is 1.66. The average Bonchev–Trinajstić information content (AvgIpc) is 2.38. The second kappa shape index (κ2) is 4.34. The van der Waals surface area contributed by atoms with Gasteiger partial charge >= 0.3 is 0 Å². The summed E-state index contributed by atoms with van der Waals surface area (Å²) in [7, 11) is 0. The van der Waals surface area contributed by atoms with Crippen molar-refractivity contribution in [1.29, 1.82) is 0 Å². The van der Waals surface area contributed by atoms with E-state index < -0.39 is 6.10 Å². The standard InChI is InChI=1S/C12H16O2/c1-5-6-7-11(13)12-8(2)9(3)14-10(12)4/h1,11,13H,6-7H2,2-4H3. The first-order chi connectivity index (χ1) is 6.57. The lowest BCUT2D eigenvalue weighted by molar-refractivity contribution is 0.167. The van der Waals surface area contributed by atoms with Gasteiger partial charge in [0, 0.05) is 12.0 Å². The van der Waals surface area contributed by atoms with E-state index in [1.54, 1.807) is 0 Å². The molecule has 1 unspecified atom stereocenters. The van der Waals surface area contributed by atoms with Crippen molar-refractivity contribution in [3.8, 4) is 12.3 Å². The van der Waals surface area contributed by atoms with Crippen molar-refractivity contribution in [2.24, 2.45) is 0 Å². The Bertz CT molecular complexity index is 355. The Kier molecular flexibility index (Phi) is 3.38. The number of terminal acetylenes is 1. The third-order valence-electron chi connectivity index (χ3n) is 2.51. The molecule has 1 N–H and O–H groups in total. The van der Waals surface area contributed by atoms with E-state index in [2.05, 4.69) is 5.92 Å². The molecule has 0 amide bonds. The Balaban J connectivity index is 2.89. The lowest BCUT2D eigenvalue weighted by Gasteiger charge is -2.08. The predicted molar refractivity (Wildman–Crippen MR) is 55.9 cm³/mol. The number of aliphatic hydroxyl groups excluding tert-OH is 1. The molecule has 0 aliphatic carbocycles. The van der Waals surface area contributed by atoms with Crippen LogP contribution >= 0.6 is 0 Å². The highest BCUT2D eigenvalue weighted by molar-refractivity contribution is 5.33. The minimum atomic E-state index is -0.497. The van der Waals surface area contributed by atoms with Gasteiger partial charge in [-0.3, -0.25) is 0 Å². The van der Waals surface area contributed by atoms with Gasteiger partial charge in [-0.05, 0) is 32.8 Å². The van der Waals surface area contributed by atoms with Crippen LogP contribution in [0.2, 0.25) is 0 Å². The van der Waals surface area contributed by atoms with E-state index in [1.807, 2.05) is 20.8 Å². The van der Waals surface area contributed by atoms with Gasteiger partial charge in [-0.25, -0.2) is 0 Å². The molecule has 0 aromatic carbocycles. The second-order valence-electron chi connectivity index (χ2n) is 3.51. The van der Waals surface area contributed by atoms with E-state index in [9.17, 15) is 5.11 Å². The molecular formula is C12H16O2. The maximum Gasteiger partial charge on any atom is 0.107 e. The van der Waals surface area contributed by atoms with Crippen molar-refractivity contribution >= 4 is 0 Å². The Morgan fingerprint density at radius 1 is 1.36 bits per heavy atom. The molecule has 1 rings (SSSR count). The molecule has 14 heavy (non-hydrogen) atoms. The highest BCUT2D eigenvalue weighted by Gasteiger charge is 2.18. The van der Waals surface area contributed by atoms with E-state index in [1.165, 1.54) is 0 Å². The van der Waals surface area contributed by atoms with Crippen molar-refractivity contribution in [1.82, 2.24) is 0 Å². The zero-order chi connectivity index (χ0) is 10.7. The molecule has 1 heterocycles. The molecular weight excluding hydrogens is 176 g/mol. The van der Waals surface area contributed by atoms with Crippen LogP contribution in [0.3, 0.4) is 0 Å². The average molecular weight is 192 g/mol. The molecule has 2 heteroatoms. The van der Waals surface area contributed by atoms with Crippen molar-refractivity contribution in [2.75, 3.05) is 0 Å². The summed E-state index contributed by atoms with van der Waals surface area (Å²) < 4.78 is 5.43. The zero-order valence-corrected chi connectivity index (χ0v) is 8.92. The van der Waals surface area contributed by atoms with Gasteiger partial charge in [0.2, 0.25) is 0 Å². The molecule has 0 fully saturated rings. The molecule has 2 nitrogen and oxygen atoms in total. The van der Waals surface area contributed by atoms with Gasteiger partial charge in [-0.1, -0.05) is 0 Å². The maximum atomic E-state index is 9.87. The van der Waals surface area contributed by atoms with Gasteiger partial charge in [0.1, 0.15) is 11.5 Å². The summed E-state index contributed by atoms with van der Waals surface area (Å²) in [4.78, 5) is 0. The molecule has 0 spiro atoms. The van der Waals surface area contributed by atoms with E-state index in [0.29, 0.717) is 12.8 Å². The molecule has 0 bridgehead atoms. The van der Waals surface area contributed by atoms with Gasteiger partial charge in [0.15, 0.2) is 0 Å². The SMILES string of the molecule is C#CCCC(O)c1c(C)oc(C)c1C. The topological polar surface area (TPSA) is 33.4 Å². The molecule has 0 radical (unpaired) electrons. The van der Waals surface area contributed by atoms with Crippen molar-refractivity contribution in [3.63, 3.8) is 0 Å². The Morgan fingerprint density at radius 2 is 2.00 bits per heavy atom. The van der Waals surface area contributed by atoms with Crippen LogP contribution in [0.5, 0.6) is 0 Å². The van der Waals surface area contributed by atoms with Crippen LogP contribution in [0.15, 0.2) is 4.42 Å². The maximum absolute atomic E-state index is 9.87. The smallest absolute Gasteiger partial charge is 0.107 e. The van der Waals surface area contributed by atoms with Crippen LogP contribution in [0.1, 0.15) is 41.6 Å². The Morgan fingerprint density at radius 3 is 2.43 bits per heavy atom. The lowest BCUT2D eigenvalue weighted by atomic mass is 10.0. The largest absolute Gasteiger partial charge is 0.466 e. The van der Waals surface area contributed by atoms with E-state index in [-0.39, 0.29) is 0 Å². The first kappa shape index (κ1) is 10.9. The number of aliphatic hydroxyl groups is 1. The summed E-state index contributed by atoms with van der Waals surface area (Å²) in [5.74, 6) is 4.19. The number of aryl methyl sites for hydroxylation is 2. The molecule has 1 aromatic heterocycles. The summed E-state index contributed by atoms with van der Waals surface area (Å²) in [6.45, 7) is 5.73. The fourth-order valence-corrected chi connectivity index (χ4v) is 1.66. The van der Waals surface area contributed by atoms with Gasteiger partial charge in [0.25, 0.3) is 0 Å². The molecule has 0 saturated carbocycles. The minimum Gasteiger partial charge on any atom is -0.466 e. The van der Waals surface area contributed by atoms with Crippen LogP contribution in [0.4, 0.5) is 0 Å². The van der Waals surface area contributed by atoms with Gasteiger partial charge in [-0.2, -0.15) is 0 Å². The molecule has 0 saturated heterocycles. The summed E-state index contributed by atoms with van der Waals surface area (Å²) in [6.07, 6.45) is 5.84. The summed E-state index contributed by atoms with van der Waals surface area (Å²) >= 11 is 0. The first-order valence-electron chi connectivity index (χ1n) is 4.76. The predicted octanol–water partition coefficient (Wildman–Crippen LogP) is 2.65. The van der Waals surface area contributed by atoms with Crippen LogP contribution in [-0.2, 0) is 0 Å². The van der Waals surface area contributed by atoms with Crippen LogP contribution in [-0.4, -0.2) is 5.11 Å². The van der Waals surface area contributed by atoms with Gasteiger partial charge in [0.05, 0.1) is 6.10 Å². The van der Waals surface area contributed by atoms with E-state index >= 15 is 0 Å². The Labute approximate surface area is 84.9 Å². The summed E-state index contributed by atoms with van der Waals surface area (Å²) in [5.41, 5.74) is 1.93. The van der Waals surface area contributed by atoms with E-state index in [4.69, 9.17) is 10.8 Å². The quantitative estimate of drug-likeness (QED) is 0.747. The van der Waals surface area contributed by atoms with E-state index in [0.717, 1.165) is 22.6 Å². The highest BCUT2D eigenvalue weighted by Crippen LogP contribution is 2.29. The van der Waals surface area contributed by atoms with Crippen molar-refractivity contribution in [2.45, 2.75) is 39.7 Å². The van der Waals surface area contributed by atoms with Crippen molar-refractivity contribution < 1.29 is 9.52 Å². The van der Waals surface area contributed by atoms with Crippen LogP contribution in [0, 0.1) is 33.1 Å². The first-order valence-corrected chi connectivity index (χ1v) is 4.76. The summed E-state index contributed by atoms with van der Waals surface area (Å²) in [6, 6.07) is 0. The molecule has 76 valence electrons. The normalized spacial score (nSPS) is 12.5. The van der Waals surface area contributed by atoms with Gasteiger partial charge in [-0.15, -0.1) is 12.3 Å². The number of hydrogen-bond donors (Lipinski definition) is 1. The second-order valence-corrected chi connectivity index (χ2v) is 3.51. The fraction of sp³-hybridized carbons (Fsp3) is 0.500. The molecule has 1 aromatic rings. The lowest BCUT2D eigenvalue weighted by Crippen LogP contribution is -1.99. The monoisotopic (exact) mass is 192 g/mol. The number of furan rings is 1. The third kappa shape index (κ3) is 2.00. The number of rotatable bonds is 3. The van der Waals surface area contributed by atoms with Gasteiger partial charge < -0.3 is 9.52 Å². The number of hydrogen-bond acceptors (Lipinski definition) is 2. The highest BCUT2D eigenvalue weighted by atomic mass is 16.3. The zero-order valence-electron chi connectivity index (χ0n) is 8.92. The molecule has 1 atom stereocenters. The summed E-state index contributed by atoms with van der Waals surface area (Å²) in [5, 5.41) is 9.87. The molecule has 0 aliphatic heterocycles. The third-order valence-corrected chi connectivity index (χ3v) is 2.51.